The highest BCUT2D eigenvalue weighted by Gasteiger charge is 2.32. The van der Waals surface area contributed by atoms with Crippen molar-refractivity contribution >= 4 is 39.9 Å². The van der Waals surface area contributed by atoms with Crippen molar-refractivity contribution in [3.8, 4) is 16.3 Å². The fraction of sp³-hybridized carbons (Fsp3) is 0.261. The average molecular weight is 469 g/mol. The molecular formula is C23H21FN4O2S2. The maximum Gasteiger partial charge on any atom is 0.275 e. The molecule has 1 aromatic heterocycles. The molecular weight excluding hydrogens is 447 g/mol. The van der Waals surface area contributed by atoms with Crippen LogP contribution in [0.1, 0.15) is 35.0 Å². The number of thiazole rings is 1. The molecule has 2 aliphatic rings. The highest BCUT2D eigenvalue weighted by Crippen LogP contribution is 2.37. The van der Waals surface area contributed by atoms with Gasteiger partial charge in [-0.2, -0.15) is 0 Å². The van der Waals surface area contributed by atoms with E-state index in [9.17, 15) is 9.18 Å². The van der Waals surface area contributed by atoms with Gasteiger partial charge in [-0.25, -0.2) is 9.37 Å². The van der Waals surface area contributed by atoms with Gasteiger partial charge < -0.3 is 15.8 Å². The molecule has 3 aromatic rings. The predicted molar refractivity (Wildman–Crippen MR) is 127 cm³/mol. The van der Waals surface area contributed by atoms with E-state index in [4.69, 9.17) is 10.5 Å². The number of nitrogens with one attached hydrogen (secondary N) is 1. The van der Waals surface area contributed by atoms with Crippen LogP contribution in [-0.2, 0) is 12.0 Å². The lowest BCUT2D eigenvalue weighted by atomic mass is 9.89. The van der Waals surface area contributed by atoms with Crippen LogP contribution in [0, 0.1) is 5.82 Å². The summed E-state index contributed by atoms with van der Waals surface area (Å²) in [5.74, 6) is 0.956. The zero-order chi connectivity index (χ0) is 22.3. The summed E-state index contributed by atoms with van der Waals surface area (Å²) < 4.78 is 20.2. The second-order valence-corrected chi connectivity index (χ2v) is 9.90. The first kappa shape index (κ1) is 21.0. The van der Waals surface area contributed by atoms with E-state index >= 15 is 0 Å². The first-order valence-corrected chi connectivity index (χ1v) is 12.1. The van der Waals surface area contributed by atoms with Crippen molar-refractivity contribution in [3.63, 3.8) is 0 Å². The quantitative estimate of drug-likeness (QED) is 0.574. The van der Waals surface area contributed by atoms with Crippen LogP contribution in [0.25, 0.3) is 10.6 Å². The van der Waals surface area contributed by atoms with Gasteiger partial charge in [0.1, 0.15) is 22.3 Å². The van der Waals surface area contributed by atoms with Gasteiger partial charge in [-0.1, -0.05) is 11.8 Å². The van der Waals surface area contributed by atoms with Crippen molar-refractivity contribution in [1.82, 2.24) is 4.98 Å². The molecule has 5 rings (SSSR count). The lowest BCUT2D eigenvalue weighted by molar-refractivity contribution is 0.102. The van der Waals surface area contributed by atoms with Gasteiger partial charge in [0.05, 0.1) is 12.1 Å². The molecule has 9 heteroatoms. The molecule has 3 N–H and O–H groups in total. The molecule has 0 bridgehead atoms. The molecule has 164 valence electrons. The molecule has 1 amide bonds. The van der Waals surface area contributed by atoms with E-state index in [1.807, 2.05) is 19.1 Å². The van der Waals surface area contributed by atoms with Crippen molar-refractivity contribution in [3.05, 3.63) is 64.4 Å². The summed E-state index contributed by atoms with van der Waals surface area (Å²) in [4.78, 5) is 21.8. The third kappa shape index (κ3) is 3.98. The Hall–Kier alpha value is -2.91. The van der Waals surface area contributed by atoms with Gasteiger partial charge in [-0.3, -0.25) is 9.79 Å². The van der Waals surface area contributed by atoms with Gasteiger partial charge in [0.25, 0.3) is 5.91 Å². The summed E-state index contributed by atoms with van der Waals surface area (Å²) in [6.07, 6.45) is 1.54. The van der Waals surface area contributed by atoms with E-state index in [1.165, 1.54) is 29.2 Å². The molecule has 3 heterocycles. The summed E-state index contributed by atoms with van der Waals surface area (Å²) in [5.41, 5.74) is 8.45. The molecule has 0 saturated heterocycles. The van der Waals surface area contributed by atoms with Crippen molar-refractivity contribution in [2.75, 3.05) is 17.7 Å². The second-order valence-electron chi connectivity index (χ2n) is 7.93. The second kappa shape index (κ2) is 8.22. The number of amides is 1. The van der Waals surface area contributed by atoms with Crippen LogP contribution in [0.3, 0.4) is 0 Å². The van der Waals surface area contributed by atoms with Gasteiger partial charge in [0.15, 0.2) is 5.17 Å². The number of anilines is 1. The first-order chi connectivity index (χ1) is 15.4. The van der Waals surface area contributed by atoms with E-state index in [-0.39, 0.29) is 11.7 Å². The number of ether oxygens (including phenoxy) is 1. The van der Waals surface area contributed by atoms with Gasteiger partial charge in [-0.05, 0) is 55.3 Å². The molecule has 1 unspecified atom stereocenters. The van der Waals surface area contributed by atoms with Crippen LogP contribution in [-0.4, -0.2) is 28.4 Å². The number of benzene rings is 2. The Bertz CT molecular complexity index is 1240. The Morgan fingerprint density at radius 1 is 1.28 bits per heavy atom. The number of fused-ring (bicyclic) bond motifs is 1. The smallest absolute Gasteiger partial charge is 0.275 e. The molecule has 0 fully saturated rings. The molecule has 32 heavy (non-hydrogen) atoms. The summed E-state index contributed by atoms with van der Waals surface area (Å²) in [6, 6.07) is 10.5. The third-order valence-corrected chi connectivity index (χ3v) is 7.36. The van der Waals surface area contributed by atoms with E-state index in [0.717, 1.165) is 34.1 Å². The Labute approximate surface area is 193 Å². The minimum absolute atomic E-state index is 0.315. The normalized spacial score (nSPS) is 19.8. The van der Waals surface area contributed by atoms with Crippen molar-refractivity contribution in [2.24, 2.45) is 10.7 Å². The number of nitrogens with two attached hydrogens (primary N) is 1. The first-order valence-electron chi connectivity index (χ1n) is 10.2. The molecule has 2 aliphatic heterocycles. The van der Waals surface area contributed by atoms with Crippen molar-refractivity contribution < 1.29 is 13.9 Å². The number of aromatic nitrogens is 1. The molecule has 0 spiro atoms. The highest BCUT2D eigenvalue weighted by atomic mass is 32.2. The zero-order valence-electron chi connectivity index (χ0n) is 17.4. The topological polar surface area (TPSA) is 89.6 Å². The maximum absolute atomic E-state index is 14.6. The van der Waals surface area contributed by atoms with E-state index in [0.29, 0.717) is 35.1 Å². The average Bonchev–Trinajstić information content (AvgIpc) is 3.44. The lowest BCUT2D eigenvalue weighted by Gasteiger charge is -2.30. The van der Waals surface area contributed by atoms with Crippen LogP contribution in [0.4, 0.5) is 10.1 Å². The Balaban J connectivity index is 1.36. The van der Waals surface area contributed by atoms with Crippen LogP contribution in [0.2, 0.25) is 0 Å². The zero-order valence-corrected chi connectivity index (χ0v) is 19.0. The molecule has 6 nitrogen and oxygen atoms in total. The monoisotopic (exact) mass is 468 g/mol. The van der Waals surface area contributed by atoms with Crippen LogP contribution in [0.15, 0.2) is 46.8 Å². The predicted octanol–water partition coefficient (Wildman–Crippen LogP) is 4.80. The molecule has 0 radical (unpaired) electrons. The van der Waals surface area contributed by atoms with Gasteiger partial charge in [0, 0.05) is 34.4 Å². The van der Waals surface area contributed by atoms with Gasteiger partial charge in [-0.15, -0.1) is 11.3 Å². The number of hydrogen-bond donors (Lipinski definition) is 2. The number of carbonyl (C=O) groups is 1. The highest BCUT2D eigenvalue weighted by molar-refractivity contribution is 8.13. The molecule has 1 atom stereocenters. The minimum Gasteiger partial charge on any atom is -0.493 e. The molecule has 2 aromatic carbocycles. The van der Waals surface area contributed by atoms with Crippen LogP contribution < -0.4 is 15.8 Å². The van der Waals surface area contributed by atoms with Crippen molar-refractivity contribution in [1.29, 1.82) is 0 Å². The van der Waals surface area contributed by atoms with Crippen molar-refractivity contribution in [2.45, 2.75) is 25.3 Å². The molecule has 0 saturated carbocycles. The summed E-state index contributed by atoms with van der Waals surface area (Å²) >= 11 is 2.87. The fourth-order valence-electron chi connectivity index (χ4n) is 3.92. The number of amidine groups is 1. The summed E-state index contributed by atoms with van der Waals surface area (Å²) in [6.45, 7) is 2.55. The minimum atomic E-state index is -0.759. The Morgan fingerprint density at radius 2 is 2.16 bits per heavy atom. The number of halogens is 1. The summed E-state index contributed by atoms with van der Waals surface area (Å²) in [5, 5.41) is 5.77. The summed E-state index contributed by atoms with van der Waals surface area (Å²) in [7, 11) is 0. The van der Waals surface area contributed by atoms with E-state index in [1.54, 1.807) is 17.5 Å². The standard InChI is InChI=1S/C23H21FN4O2S2/c1-23(7-9-31-22(25)28-23)16-11-15(3-4-17(16)24)26-20(29)18-12-32-21(27-18)14-2-5-19-13(10-14)6-8-30-19/h2-5,10-12H,6-9H2,1H3,(H2,25,28)(H,26,29). The number of carbonyl (C=O) groups excluding carboxylic acids is 1. The SMILES string of the molecule is CC1(c2cc(NC(=O)c3csc(-c4ccc5c(c4)CCO5)n3)ccc2F)CCSC(N)=N1. The number of nitrogens with zero attached hydrogens (tertiary/aromatic N) is 2. The number of hydrogen-bond acceptors (Lipinski definition) is 7. The number of rotatable bonds is 4. The lowest BCUT2D eigenvalue weighted by Crippen LogP contribution is -2.29. The Morgan fingerprint density at radius 3 is 3.00 bits per heavy atom. The van der Waals surface area contributed by atoms with Gasteiger partial charge >= 0.3 is 0 Å². The van der Waals surface area contributed by atoms with Crippen LogP contribution >= 0.6 is 23.1 Å². The number of thioether (sulfide) groups is 1. The van der Waals surface area contributed by atoms with Gasteiger partial charge in [0.2, 0.25) is 0 Å². The Kier molecular flexibility index (Phi) is 5.38. The maximum atomic E-state index is 14.6. The largest absolute Gasteiger partial charge is 0.493 e. The van der Waals surface area contributed by atoms with E-state index < -0.39 is 5.54 Å². The van der Waals surface area contributed by atoms with E-state index in [2.05, 4.69) is 21.4 Å². The number of aliphatic imine (C=N–C) groups is 1. The van der Waals surface area contributed by atoms with Crippen LogP contribution in [0.5, 0.6) is 5.75 Å². The fourth-order valence-corrected chi connectivity index (χ4v) is 5.69. The molecule has 0 aliphatic carbocycles. The third-order valence-electron chi connectivity index (χ3n) is 5.67.